The predicted octanol–water partition coefficient (Wildman–Crippen LogP) is 2.93. The minimum Gasteiger partial charge on any atom is -0.450 e. The number of fused-ring (bicyclic) bond motifs is 1. The third-order valence-electron chi connectivity index (χ3n) is 3.66. The van der Waals surface area contributed by atoms with Gasteiger partial charge >= 0.3 is 5.97 Å². The van der Waals surface area contributed by atoms with Crippen LogP contribution in [-0.4, -0.2) is 27.4 Å². The average Bonchev–Trinajstić information content (AvgIpc) is 3.12. The number of hydrogen-bond acceptors (Lipinski definition) is 3. The highest BCUT2D eigenvalue weighted by Gasteiger charge is 2.23. The normalized spacial score (nSPS) is 12.3. The molecule has 0 amide bonds. The molecule has 0 radical (unpaired) electrons. The number of Topliss-reactive ketones (excluding diaryl/α,β-unsaturated/α-hetero) is 1. The molecule has 0 aliphatic rings. The highest BCUT2D eigenvalue weighted by atomic mass is 16.5. The molecule has 0 aliphatic carbocycles. The summed E-state index contributed by atoms with van der Waals surface area (Å²) in [5, 5.41) is 0.828. The lowest BCUT2D eigenvalue weighted by Crippen LogP contribution is -2.25. The van der Waals surface area contributed by atoms with E-state index >= 15 is 0 Å². The number of ether oxygens (including phenoxy) is 1. The number of rotatable bonds is 4. The van der Waals surface area contributed by atoms with Gasteiger partial charge in [0.2, 0.25) is 5.78 Å². The SMILES string of the molecule is C[C@@H](OC(=O)c1cccn1C)C(=O)c1c[nH]c2ccccc12. The molecule has 0 unspecified atom stereocenters. The lowest BCUT2D eigenvalue weighted by atomic mass is 10.1. The number of para-hydroxylation sites is 1. The Labute approximate surface area is 127 Å². The van der Waals surface area contributed by atoms with Gasteiger partial charge in [0.15, 0.2) is 6.10 Å². The van der Waals surface area contributed by atoms with Crippen LogP contribution in [-0.2, 0) is 11.8 Å². The zero-order chi connectivity index (χ0) is 15.7. The molecule has 5 heteroatoms. The summed E-state index contributed by atoms with van der Waals surface area (Å²) in [7, 11) is 1.75. The number of hydrogen-bond donors (Lipinski definition) is 1. The van der Waals surface area contributed by atoms with Crippen molar-refractivity contribution < 1.29 is 14.3 Å². The maximum absolute atomic E-state index is 12.5. The first-order valence-corrected chi connectivity index (χ1v) is 7.00. The first kappa shape index (κ1) is 14.1. The summed E-state index contributed by atoms with van der Waals surface area (Å²) in [5.41, 5.74) is 1.83. The number of aryl methyl sites for hydroxylation is 1. The van der Waals surface area contributed by atoms with Crippen molar-refractivity contribution in [2.45, 2.75) is 13.0 Å². The Morgan fingerprint density at radius 1 is 1.18 bits per heavy atom. The molecule has 0 bridgehead atoms. The second kappa shape index (κ2) is 5.52. The largest absolute Gasteiger partial charge is 0.450 e. The number of carbonyl (C=O) groups is 2. The van der Waals surface area contributed by atoms with Gasteiger partial charge in [-0.15, -0.1) is 0 Å². The van der Waals surface area contributed by atoms with Gasteiger partial charge in [-0.2, -0.15) is 0 Å². The molecule has 0 aliphatic heterocycles. The second-order valence-corrected chi connectivity index (χ2v) is 5.16. The van der Waals surface area contributed by atoms with E-state index in [0.717, 1.165) is 10.9 Å². The van der Waals surface area contributed by atoms with Gasteiger partial charge in [0.1, 0.15) is 5.69 Å². The number of aromatic amines is 1. The zero-order valence-electron chi connectivity index (χ0n) is 12.4. The van der Waals surface area contributed by atoms with Crippen molar-refractivity contribution in [3.63, 3.8) is 0 Å². The molecule has 0 spiro atoms. The third kappa shape index (κ3) is 2.41. The molecule has 0 fully saturated rings. The van der Waals surface area contributed by atoms with Crippen LogP contribution in [0, 0.1) is 0 Å². The maximum atomic E-state index is 12.5. The monoisotopic (exact) mass is 296 g/mol. The number of ketones is 1. The highest BCUT2D eigenvalue weighted by molar-refractivity contribution is 6.10. The molecular weight excluding hydrogens is 280 g/mol. The van der Waals surface area contributed by atoms with Crippen LogP contribution in [0.4, 0.5) is 0 Å². The highest BCUT2D eigenvalue weighted by Crippen LogP contribution is 2.20. The Bertz CT molecular complexity index is 844. The predicted molar refractivity (Wildman–Crippen MR) is 82.9 cm³/mol. The molecule has 3 rings (SSSR count). The molecular formula is C17H16N2O3. The van der Waals surface area contributed by atoms with Gasteiger partial charge in [-0.1, -0.05) is 18.2 Å². The van der Waals surface area contributed by atoms with Gasteiger partial charge in [0.25, 0.3) is 0 Å². The number of nitrogens with zero attached hydrogens (tertiary/aromatic N) is 1. The van der Waals surface area contributed by atoms with Gasteiger partial charge in [0.05, 0.1) is 0 Å². The number of esters is 1. The smallest absolute Gasteiger partial charge is 0.355 e. The van der Waals surface area contributed by atoms with Gasteiger partial charge in [-0.25, -0.2) is 4.79 Å². The molecule has 0 saturated carbocycles. The van der Waals surface area contributed by atoms with E-state index in [9.17, 15) is 9.59 Å². The topological polar surface area (TPSA) is 64.1 Å². The van der Waals surface area contributed by atoms with Crippen molar-refractivity contribution in [2.75, 3.05) is 0 Å². The Morgan fingerprint density at radius 2 is 1.95 bits per heavy atom. The zero-order valence-corrected chi connectivity index (χ0v) is 12.4. The number of aromatic nitrogens is 2. The van der Waals surface area contributed by atoms with Crippen LogP contribution < -0.4 is 0 Å². The fourth-order valence-electron chi connectivity index (χ4n) is 2.44. The lowest BCUT2D eigenvalue weighted by Gasteiger charge is -2.12. The molecule has 3 aromatic rings. The van der Waals surface area contributed by atoms with E-state index in [0.29, 0.717) is 11.3 Å². The molecule has 1 atom stereocenters. The first-order valence-electron chi connectivity index (χ1n) is 7.00. The molecule has 2 aromatic heterocycles. The van der Waals surface area contributed by atoms with Gasteiger partial charge < -0.3 is 14.3 Å². The van der Waals surface area contributed by atoms with E-state index in [2.05, 4.69) is 4.98 Å². The summed E-state index contributed by atoms with van der Waals surface area (Å²) in [6, 6.07) is 10.9. The van der Waals surface area contributed by atoms with Crippen LogP contribution in [0.25, 0.3) is 10.9 Å². The molecule has 0 saturated heterocycles. The maximum Gasteiger partial charge on any atom is 0.355 e. The van der Waals surface area contributed by atoms with Crippen molar-refractivity contribution in [2.24, 2.45) is 7.05 Å². The van der Waals surface area contributed by atoms with Gasteiger partial charge in [-0.05, 0) is 25.1 Å². The van der Waals surface area contributed by atoms with E-state index < -0.39 is 12.1 Å². The van der Waals surface area contributed by atoms with Crippen LogP contribution in [0.3, 0.4) is 0 Å². The quantitative estimate of drug-likeness (QED) is 0.594. The molecule has 22 heavy (non-hydrogen) atoms. The standard InChI is InChI=1S/C17H16N2O3/c1-11(22-17(21)15-8-5-9-19(15)2)16(20)13-10-18-14-7-4-3-6-12(13)14/h3-11,18H,1-2H3/t11-/m1/s1. The van der Waals surface area contributed by atoms with E-state index in [4.69, 9.17) is 4.74 Å². The summed E-state index contributed by atoms with van der Waals surface area (Å²) < 4.78 is 6.94. The fourth-order valence-corrected chi connectivity index (χ4v) is 2.44. The average molecular weight is 296 g/mol. The van der Waals surface area contributed by atoms with Crippen molar-refractivity contribution in [3.8, 4) is 0 Å². The van der Waals surface area contributed by atoms with Crippen LogP contribution in [0.1, 0.15) is 27.8 Å². The summed E-state index contributed by atoms with van der Waals surface area (Å²) in [4.78, 5) is 27.6. The molecule has 1 N–H and O–H groups in total. The second-order valence-electron chi connectivity index (χ2n) is 5.16. The van der Waals surface area contributed by atoms with Crippen LogP contribution in [0.5, 0.6) is 0 Å². The lowest BCUT2D eigenvalue weighted by molar-refractivity contribution is 0.0310. The summed E-state index contributed by atoms with van der Waals surface area (Å²) >= 11 is 0. The van der Waals surface area contributed by atoms with E-state index in [-0.39, 0.29) is 5.78 Å². The van der Waals surface area contributed by atoms with Crippen molar-refractivity contribution >= 4 is 22.7 Å². The number of carbonyl (C=O) groups excluding carboxylic acids is 2. The van der Waals surface area contributed by atoms with Crippen molar-refractivity contribution in [3.05, 3.63) is 60.0 Å². The fraction of sp³-hybridized carbons (Fsp3) is 0.176. The summed E-state index contributed by atoms with van der Waals surface area (Å²) in [5.74, 6) is -0.729. The Hall–Kier alpha value is -2.82. The van der Waals surface area contributed by atoms with E-state index in [1.54, 1.807) is 43.1 Å². The Kier molecular flexibility index (Phi) is 3.55. The molecule has 2 heterocycles. The van der Waals surface area contributed by atoms with Crippen molar-refractivity contribution in [1.29, 1.82) is 0 Å². The van der Waals surface area contributed by atoms with Crippen LogP contribution >= 0.6 is 0 Å². The van der Waals surface area contributed by atoms with E-state index in [1.807, 2.05) is 24.3 Å². The number of nitrogens with one attached hydrogen (secondary N) is 1. The third-order valence-corrected chi connectivity index (χ3v) is 3.66. The summed E-state index contributed by atoms with van der Waals surface area (Å²) in [6.07, 6.45) is 2.56. The minimum absolute atomic E-state index is 0.222. The number of H-pyrrole nitrogens is 1. The van der Waals surface area contributed by atoms with Crippen LogP contribution in [0.15, 0.2) is 48.8 Å². The number of benzene rings is 1. The Morgan fingerprint density at radius 3 is 2.68 bits per heavy atom. The minimum atomic E-state index is -0.846. The van der Waals surface area contributed by atoms with Gasteiger partial charge in [-0.3, -0.25) is 4.79 Å². The molecule has 112 valence electrons. The van der Waals surface area contributed by atoms with Gasteiger partial charge in [0, 0.05) is 35.9 Å². The van der Waals surface area contributed by atoms with E-state index in [1.165, 1.54) is 0 Å². The van der Waals surface area contributed by atoms with Crippen molar-refractivity contribution in [1.82, 2.24) is 9.55 Å². The molecule has 1 aromatic carbocycles. The summed E-state index contributed by atoms with van der Waals surface area (Å²) in [6.45, 7) is 1.59. The molecule has 5 nitrogen and oxygen atoms in total. The first-order chi connectivity index (χ1) is 10.6. The van der Waals surface area contributed by atoms with Crippen LogP contribution in [0.2, 0.25) is 0 Å². The Balaban J connectivity index is 1.80.